The zero-order valence-corrected chi connectivity index (χ0v) is 15.1. The first-order valence-electron chi connectivity index (χ1n) is 8.72. The fourth-order valence-electron chi connectivity index (χ4n) is 4.12. The molecule has 1 saturated carbocycles. The minimum Gasteiger partial charge on any atom is -0.308 e. The van der Waals surface area contributed by atoms with Crippen LogP contribution >= 0.6 is 11.3 Å². The normalized spacial score (nSPS) is 19.3. The predicted octanol–water partition coefficient (Wildman–Crippen LogP) is 4.75. The van der Waals surface area contributed by atoms with Gasteiger partial charge in [0.1, 0.15) is 0 Å². The standard InChI is InChI=1S/C18H32N2S/c1-5-13-19-17(16-15(4)10-14-21-16)18(11-8-9-12-18)20(6-2)7-3/h10,14,17,19H,5-9,11-13H2,1-4H3. The number of nitrogens with one attached hydrogen (secondary N) is 1. The molecule has 1 aliphatic rings. The first kappa shape index (κ1) is 17.0. The number of hydrogen-bond donors (Lipinski definition) is 1. The van der Waals surface area contributed by atoms with Crippen molar-refractivity contribution in [2.45, 2.75) is 71.4 Å². The highest BCUT2D eigenvalue weighted by molar-refractivity contribution is 7.10. The predicted molar refractivity (Wildman–Crippen MR) is 94.2 cm³/mol. The van der Waals surface area contributed by atoms with E-state index in [1.165, 1.54) is 37.7 Å². The summed E-state index contributed by atoms with van der Waals surface area (Å²) in [5.41, 5.74) is 1.79. The van der Waals surface area contributed by atoms with E-state index in [0.29, 0.717) is 11.6 Å². The topological polar surface area (TPSA) is 15.3 Å². The van der Waals surface area contributed by atoms with Crippen molar-refractivity contribution in [3.63, 3.8) is 0 Å². The van der Waals surface area contributed by atoms with E-state index in [1.807, 2.05) is 11.3 Å². The van der Waals surface area contributed by atoms with E-state index in [-0.39, 0.29) is 0 Å². The van der Waals surface area contributed by atoms with Crippen molar-refractivity contribution < 1.29 is 0 Å². The molecule has 0 bridgehead atoms. The van der Waals surface area contributed by atoms with Gasteiger partial charge in [0.2, 0.25) is 0 Å². The van der Waals surface area contributed by atoms with Crippen LogP contribution in [-0.2, 0) is 0 Å². The van der Waals surface area contributed by atoms with Crippen LogP contribution in [-0.4, -0.2) is 30.1 Å². The summed E-state index contributed by atoms with van der Waals surface area (Å²) in [6.45, 7) is 12.6. The van der Waals surface area contributed by atoms with E-state index < -0.39 is 0 Å². The van der Waals surface area contributed by atoms with Gasteiger partial charge in [0.15, 0.2) is 0 Å². The third-order valence-corrected chi connectivity index (χ3v) is 6.25. The molecule has 0 spiro atoms. The lowest BCUT2D eigenvalue weighted by Crippen LogP contribution is -2.55. The van der Waals surface area contributed by atoms with Gasteiger partial charge in [-0.2, -0.15) is 0 Å². The Morgan fingerprint density at radius 1 is 1.24 bits per heavy atom. The number of rotatable bonds is 8. The van der Waals surface area contributed by atoms with Gasteiger partial charge in [-0.15, -0.1) is 11.3 Å². The van der Waals surface area contributed by atoms with Crippen LogP contribution < -0.4 is 5.32 Å². The molecule has 1 fully saturated rings. The quantitative estimate of drug-likeness (QED) is 0.745. The van der Waals surface area contributed by atoms with Gasteiger partial charge in [-0.1, -0.05) is 33.6 Å². The van der Waals surface area contributed by atoms with Crippen LogP contribution in [0.15, 0.2) is 11.4 Å². The maximum atomic E-state index is 3.91. The maximum absolute atomic E-state index is 3.91. The van der Waals surface area contributed by atoms with Gasteiger partial charge in [-0.25, -0.2) is 0 Å². The third kappa shape index (κ3) is 3.35. The molecule has 0 aromatic carbocycles. The van der Waals surface area contributed by atoms with E-state index in [0.717, 1.165) is 19.6 Å². The fraction of sp³-hybridized carbons (Fsp3) is 0.778. The van der Waals surface area contributed by atoms with Crippen molar-refractivity contribution in [3.05, 3.63) is 21.9 Å². The SMILES string of the molecule is CCCNC(c1sccc1C)C1(N(CC)CC)CCCC1. The van der Waals surface area contributed by atoms with Crippen LogP contribution in [0, 0.1) is 6.92 Å². The Balaban J connectivity index is 2.38. The summed E-state index contributed by atoms with van der Waals surface area (Å²) in [7, 11) is 0. The van der Waals surface area contributed by atoms with Gasteiger partial charge < -0.3 is 5.32 Å². The third-order valence-electron chi connectivity index (χ3n) is 5.16. The first-order valence-corrected chi connectivity index (χ1v) is 9.60. The van der Waals surface area contributed by atoms with E-state index >= 15 is 0 Å². The van der Waals surface area contributed by atoms with Crippen molar-refractivity contribution in [2.75, 3.05) is 19.6 Å². The number of hydrogen-bond acceptors (Lipinski definition) is 3. The molecule has 1 aromatic heterocycles. The molecule has 2 nitrogen and oxygen atoms in total. The molecule has 1 N–H and O–H groups in total. The molecule has 1 aromatic rings. The molecule has 1 atom stereocenters. The summed E-state index contributed by atoms with van der Waals surface area (Å²) >= 11 is 1.94. The summed E-state index contributed by atoms with van der Waals surface area (Å²) in [5.74, 6) is 0. The average molecular weight is 309 g/mol. The molecule has 21 heavy (non-hydrogen) atoms. The Labute approximate surface area is 134 Å². The molecular weight excluding hydrogens is 276 g/mol. The Hall–Kier alpha value is -0.380. The second-order valence-electron chi connectivity index (χ2n) is 6.34. The number of likely N-dealkylation sites (N-methyl/N-ethyl adjacent to an activating group) is 1. The molecule has 2 rings (SSSR count). The minimum atomic E-state index is 0.328. The number of aryl methyl sites for hydroxylation is 1. The fourth-order valence-corrected chi connectivity index (χ4v) is 5.24. The van der Waals surface area contributed by atoms with Gasteiger partial charge >= 0.3 is 0 Å². The number of nitrogens with zero attached hydrogens (tertiary/aromatic N) is 1. The largest absolute Gasteiger partial charge is 0.308 e. The molecule has 1 aliphatic carbocycles. The Morgan fingerprint density at radius 2 is 1.90 bits per heavy atom. The van der Waals surface area contributed by atoms with Crippen LogP contribution in [0.5, 0.6) is 0 Å². The van der Waals surface area contributed by atoms with Crippen LogP contribution in [0.25, 0.3) is 0 Å². The summed E-state index contributed by atoms with van der Waals surface area (Å²) < 4.78 is 0. The highest BCUT2D eigenvalue weighted by Crippen LogP contribution is 2.46. The molecule has 1 heterocycles. The summed E-state index contributed by atoms with van der Waals surface area (Å²) in [6.07, 6.45) is 6.65. The molecule has 1 unspecified atom stereocenters. The molecule has 3 heteroatoms. The molecule has 0 saturated heterocycles. The van der Waals surface area contributed by atoms with Gasteiger partial charge in [-0.3, -0.25) is 4.90 Å². The van der Waals surface area contributed by atoms with E-state index in [9.17, 15) is 0 Å². The Bertz CT molecular complexity index is 417. The highest BCUT2D eigenvalue weighted by Gasteiger charge is 2.46. The van der Waals surface area contributed by atoms with Crippen molar-refractivity contribution >= 4 is 11.3 Å². The van der Waals surface area contributed by atoms with Crippen molar-refractivity contribution in [1.82, 2.24) is 10.2 Å². The van der Waals surface area contributed by atoms with Crippen LogP contribution in [0.4, 0.5) is 0 Å². The van der Waals surface area contributed by atoms with Crippen LogP contribution in [0.2, 0.25) is 0 Å². The van der Waals surface area contributed by atoms with Crippen LogP contribution in [0.1, 0.15) is 69.4 Å². The smallest absolute Gasteiger partial charge is 0.0604 e. The monoisotopic (exact) mass is 308 g/mol. The summed E-state index contributed by atoms with van der Waals surface area (Å²) in [5, 5.41) is 6.17. The lowest BCUT2D eigenvalue weighted by Gasteiger charge is -2.46. The van der Waals surface area contributed by atoms with Gasteiger partial charge in [0.05, 0.1) is 6.04 Å². The summed E-state index contributed by atoms with van der Waals surface area (Å²) in [6, 6.07) is 2.78. The Morgan fingerprint density at radius 3 is 2.38 bits per heavy atom. The van der Waals surface area contributed by atoms with Gasteiger partial charge in [-0.05, 0) is 62.8 Å². The molecule has 120 valence electrons. The van der Waals surface area contributed by atoms with E-state index in [4.69, 9.17) is 0 Å². The molecule has 0 radical (unpaired) electrons. The highest BCUT2D eigenvalue weighted by atomic mass is 32.1. The molecule has 0 amide bonds. The van der Waals surface area contributed by atoms with Crippen molar-refractivity contribution in [2.24, 2.45) is 0 Å². The van der Waals surface area contributed by atoms with Gasteiger partial charge in [0, 0.05) is 10.4 Å². The second-order valence-corrected chi connectivity index (χ2v) is 7.29. The molecular formula is C18H32N2S. The zero-order chi connectivity index (χ0) is 15.3. The summed E-state index contributed by atoms with van der Waals surface area (Å²) in [4.78, 5) is 4.30. The lowest BCUT2D eigenvalue weighted by atomic mass is 9.83. The van der Waals surface area contributed by atoms with Gasteiger partial charge in [0.25, 0.3) is 0 Å². The number of thiophene rings is 1. The Kier molecular flexibility index (Phi) is 6.27. The zero-order valence-electron chi connectivity index (χ0n) is 14.2. The minimum absolute atomic E-state index is 0.328. The lowest BCUT2D eigenvalue weighted by molar-refractivity contribution is 0.0637. The average Bonchev–Trinajstić information content (AvgIpc) is 3.12. The van der Waals surface area contributed by atoms with Crippen molar-refractivity contribution in [1.29, 1.82) is 0 Å². The first-order chi connectivity index (χ1) is 10.2. The molecule has 0 aliphatic heterocycles. The maximum Gasteiger partial charge on any atom is 0.0604 e. The second kappa shape index (κ2) is 7.75. The van der Waals surface area contributed by atoms with Crippen LogP contribution in [0.3, 0.4) is 0 Å². The van der Waals surface area contributed by atoms with E-state index in [1.54, 1.807) is 4.88 Å². The van der Waals surface area contributed by atoms with Crippen molar-refractivity contribution in [3.8, 4) is 0 Å². The van der Waals surface area contributed by atoms with E-state index in [2.05, 4.69) is 49.4 Å².